The van der Waals surface area contributed by atoms with E-state index >= 15 is 0 Å². The highest BCUT2D eigenvalue weighted by Crippen LogP contribution is 2.60. The van der Waals surface area contributed by atoms with Crippen LogP contribution in [0.3, 0.4) is 0 Å². The summed E-state index contributed by atoms with van der Waals surface area (Å²) in [5, 5.41) is 4.98. The number of methoxy groups -OCH3 is 1. The van der Waals surface area contributed by atoms with E-state index in [1.165, 1.54) is 48.9 Å². The van der Waals surface area contributed by atoms with E-state index in [9.17, 15) is 0 Å². The summed E-state index contributed by atoms with van der Waals surface area (Å²) in [7, 11) is 1.77. The van der Waals surface area contributed by atoms with Gasteiger partial charge in [-0.2, -0.15) is 5.10 Å². The monoisotopic (exact) mass is 416 g/mol. The maximum atomic E-state index is 5.47. The van der Waals surface area contributed by atoms with Gasteiger partial charge in [-0.15, -0.1) is 0 Å². The molecule has 0 spiro atoms. The number of anilines is 1. The Bertz CT molecular complexity index is 977. The molecule has 0 unspecified atom stereocenters. The lowest BCUT2D eigenvalue weighted by Gasteiger charge is -2.49. The second-order valence-corrected chi connectivity index (χ2v) is 10.4. The number of hydrazone groups is 1. The number of rotatable bonds is 4. The first-order chi connectivity index (χ1) is 15.0. The molecule has 2 saturated carbocycles. The van der Waals surface area contributed by atoms with Crippen molar-refractivity contribution in [3.8, 4) is 5.75 Å². The van der Waals surface area contributed by atoms with E-state index < -0.39 is 0 Å². The van der Waals surface area contributed by atoms with Gasteiger partial charge < -0.3 is 4.74 Å². The molecule has 4 atom stereocenters. The van der Waals surface area contributed by atoms with Gasteiger partial charge >= 0.3 is 0 Å². The lowest BCUT2D eigenvalue weighted by molar-refractivity contribution is 0.0955. The molecule has 0 aliphatic heterocycles. The molecule has 0 radical (unpaired) electrons. The Morgan fingerprint density at radius 1 is 1.03 bits per heavy atom. The van der Waals surface area contributed by atoms with Gasteiger partial charge in [0, 0.05) is 11.1 Å². The fourth-order valence-electron chi connectivity index (χ4n) is 6.73. The summed E-state index contributed by atoms with van der Waals surface area (Å²) in [6, 6.07) is 15.5. The number of ether oxygens (including phenoxy) is 1. The predicted molar refractivity (Wildman–Crippen MR) is 129 cm³/mol. The Labute approximate surface area is 187 Å². The first kappa shape index (κ1) is 20.6. The van der Waals surface area contributed by atoms with Crippen LogP contribution in [0.2, 0.25) is 0 Å². The Morgan fingerprint density at radius 3 is 2.58 bits per heavy atom. The largest absolute Gasteiger partial charge is 0.497 e. The molecule has 164 valence electrons. The summed E-state index contributed by atoms with van der Waals surface area (Å²) in [6.45, 7) is 6.96. The summed E-state index contributed by atoms with van der Waals surface area (Å²) in [5.41, 5.74) is 10.6. The van der Waals surface area contributed by atoms with Crippen molar-refractivity contribution in [2.75, 3.05) is 12.5 Å². The molecule has 2 aromatic carbocycles. The minimum atomic E-state index is 0.246. The van der Waals surface area contributed by atoms with Gasteiger partial charge in [0.2, 0.25) is 0 Å². The maximum Gasteiger partial charge on any atom is 0.119 e. The zero-order valence-electron chi connectivity index (χ0n) is 19.4. The highest BCUT2D eigenvalue weighted by molar-refractivity contribution is 5.93. The van der Waals surface area contributed by atoms with Crippen LogP contribution in [0.1, 0.15) is 81.4 Å². The molecule has 3 aliphatic rings. The van der Waals surface area contributed by atoms with Gasteiger partial charge in [-0.25, -0.2) is 0 Å². The fraction of sp³-hybridized carbons (Fsp3) is 0.536. The van der Waals surface area contributed by atoms with Crippen LogP contribution in [0, 0.1) is 17.3 Å². The molecule has 0 heterocycles. The number of nitrogens with one attached hydrogen (secondary N) is 1. The molecule has 31 heavy (non-hydrogen) atoms. The number of aryl methyl sites for hydroxylation is 1. The molecule has 3 heteroatoms. The highest BCUT2D eigenvalue weighted by Gasteiger charge is 2.53. The summed E-state index contributed by atoms with van der Waals surface area (Å²) < 4.78 is 5.47. The average Bonchev–Trinajstić information content (AvgIpc) is 3.13. The molecule has 0 saturated heterocycles. The van der Waals surface area contributed by atoms with Gasteiger partial charge in [0.25, 0.3) is 0 Å². The predicted octanol–water partition coefficient (Wildman–Crippen LogP) is 7.14. The topological polar surface area (TPSA) is 33.6 Å². The van der Waals surface area contributed by atoms with Crippen LogP contribution < -0.4 is 10.2 Å². The first-order valence-corrected chi connectivity index (χ1v) is 12.1. The van der Waals surface area contributed by atoms with Crippen LogP contribution in [-0.4, -0.2) is 12.8 Å². The van der Waals surface area contributed by atoms with E-state index in [1.807, 2.05) is 0 Å². The Balaban J connectivity index is 1.34. The quantitative estimate of drug-likeness (QED) is 0.537. The Morgan fingerprint density at radius 2 is 1.84 bits per heavy atom. The van der Waals surface area contributed by atoms with Crippen LogP contribution in [0.25, 0.3) is 0 Å². The van der Waals surface area contributed by atoms with Crippen molar-refractivity contribution in [1.82, 2.24) is 0 Å². The summed E-state index contributed by atoms with van der Waals surface area (Å²) in [4.78, 5) is 0. The molecule has 2 fully saturated rings. The summed E-state index contributed by atoms with van der Waals surface area (Å²) in [5.74, 6) is 3.82. The van der Waals surface area contributed by atoms with E-state index in [-0.39, 0.29) is 5.41 Å². The van der Waals surface area contributed by atoms with Crippen molar-refractivity contribution < 1.29 is 4.74 Å². The second kappa shape index (κ2) is 8.00. The minimum absolute atomic E-state index is 0.246. The number of benzene rings is 2. The first-order valence-electron chi connectivity index (χ1n) is 12.1. The molecule has 1 N–H and O–H groups in total. The normalized spacial score (nSPS) is 30.6. The van der Waals surface area contributed by atoms with Crippen molar-refractivity contribution >= 4 is 11.4 Å². The second-order valence-electron chi connectivity index (χ2n) is 10.4. The SMILES string of the molecule is COc1ccc2c(c1)CC[C@H]1[C@@H]2CC[C@]2(C)/C(=N/Nc3ccc(C(C)C)cc3)CC[C@@H]12. The summed E-state index contributed by atoms with van der Waals surface area (Å²) in [6.07, 6.45) is 7.44. The van der Waals surface area contributed by atoms with E-state index in [4.69, 9.17) is 9.84 Å². The van der Waals surface area contributed by atoms with Crippen molar-refractivity contribution in [3.63, 3.8) is 0 Å². The molecule has 2 aromatic rings. The molecule has 5 rings (SSSR count). The molecule has 3 nitrogen and oxygen atoms in total. The number of hydrogen-bond acceptors (Lipinski definition) is 3. The third-order valence-electron chi connectivity index (χ3n) is 8.57. The van der Waals surface area contributed by atoms with Crippen molar-refractivity contribution in [2.24, 2.45) is 22.4 Å². The smallest absolute Gasteiger partial charge is 0.119 e. The van der Waals surface area contributed by atoms with Crippen molar-refractivity contribution in [3.05, 3.63) is 59.2 Å². The zero-order valence-corrected chi connectivity index (χ0v) is 19.4. The van der Waals surface area contributed by atoms with Gasteiger partial charge in [-0.3, -0.25) is 5.43 Å². The molecular weight excluding hydrogens is 380 g/mol. The Hall–Kier alpha value is -2.29. The summed E-state index contributed by atoms with van der Waals surface area (Å²) >= 11 is 0. The molecule has 0 aromatic heterocycles. The van der Waals surface area contributed by atoms with E-state index in [0.717, 1.165) is 29.7 Å². The van der Waals surface area contributed by atoms with Gasteiger partial charge in [0.05, 0.1) is 12.8 Å². The van der Waals surface area contributed by atoms with E-state index in [1.54, 1.807) is 12.7 Å². The standard InChI is InChI=1S/C28H36N2O/c1-18(2)19-5-8-21(9-6-19)29-30-27-14-13-26-25-11-7-20-17-22(31-4)10-12-23(20)24(25)15-16-28(26,27)3/h5-6,8-10,12,17-18,24-26,29H,7,11,13-16H2,1-4H3/b30-27+/t24-,25+,26+,28+/m1/s1. The molecule has 3 aliphatic carbocycles. The van der Waals surface area contributed by atoms with Gasteiger partial charge in [0.1, 0.15) is 5.75 Å². The van der Waals surface area contributed by atoms with Crippen LogP contribution in [0.5, 0.6) is 5.75 Å². The molecular formula is C28H36N2O. The van der Waals surface area contributed by atoms with Gasteiger partial charge in [-0.1, -0.05) is 39.0 Å². The van der Waals surface area contributed by atoms with Gasteiger partial charge in [-0.05, 0) is 103 Å². The number of nitrogens with zero attached hydrogens (tertiary/aromatic N) is 1. The third kappa shape index (κ3) is 3.56. The molecule has 0 amide bonds. The van der Waals surface area contributed by atoms with Crippen molar-refractivity contribution in [1.29, 1.82) is 0 Å². The maximum absolute atomic E-state index is 5.47. The van der Waals surface area contributed by atoms with E-state index in [0.29, 0.717) is 11.8 Å². The van der Waals surface area contributed by atoms with Crippen molar-refractivity contribution in [2.45, 2.75) is 71.1 Å². The minimum Gasteiger partial charge on any atom is -0.497 e. The molecule has 0 bridgehead atoms. The van der Waals surface area contributed by atoms with Gasteiger partial charge in [0.15, 0.2) is 0 Å². The number of fused-ring (bicyclic) bond motifs is 5. The van der Waals surface area contributed by atoms with Crippen LogP contribution >= 0.6 is 0 Å². The average molecular weight is 417 g/mol. The van der Waals surface area contributed by atoms with Crippen LogP contribution in [0.15, 0.2) is 47.6 Å². The van der Waals surface area contributed by atoms with Crippen LogP contribution in [-0.2, 0) is 6.42 Å². The lowest BCUT2D eigenvalue weighted by Crippen LogP contribution is -2.42. The van der Waals surface area contributed by atoms with Crippen LogP contribution in [0.4, 0.5) is 5.69 Å². The van der Waals surface area contributed by atoms with E-state index in [2.05, 4.69) is 68.7 Å². The zero-order chi connectivity index (χ0) is 21.6. The fourth-order valence-corrected chi connectivity index (χ4v) is 6.73. The Kier molecular flexibility index (Phi) is 5.32. The highest BCUT2D eigenvalue weighted by atomic mass is 16.5. The lowest BCUT2D eigenvalue weighted by atomic mass is 9.55. The number of hydrogen-bond donors (Lipinski definition) is 1. The third-order valence-corrected chi connectivity index (χ3v) is 8.57.